The number of hydrogen-bond donors (Lipinski definition) is 0. The van der Waals surface area contributed by atoms with Crippen LogP contribution in [0.5, 0.6) is 5.75 Å². The summed E-state index contributed by atoms with van der Waals surface area (Å²) in [5.74, 6) is 0.625. The van der Waals surface area contributed by atoms with Gasteiger partial charge in [-0.15, -0.1) is 0 Å². The number of carbonyl (C=O) groups excluding carboxylic acids is 1. The number of rotatable bonds is 6. The van der Waals surface area contributed by atoms with Crippen LogP contribution >= 0.6 is 0 Å². The molecule has 4 heteroatoms. The van der Waals surface area contributed by atoms with Gasteiger partial charge in [0.05, 0.1) is 13.7 Å². The number of nitrogens with zero attached hydrogens (tertiary/aromatic N) is 1. The zero-order valence-electron chi connectivity index (χ0n) is 10.6. The summed E-state index contributed by atoms with van der Waals surface area (Å²) < 4.78 is 10.2. The first-order valence-corrected chi connectivity index (χ1v) is 5.56. The van der Waals surface area contributed by atoms with Gasteiger partial charge in [-0.3, -0.25) is 9.69 Å². The molecule has 0 atom stereocenters. The molecule has 0 N–H and O–H groups in total. The van der Waals surface area contributed by atoms with Crippen LogP contribution in [-0.4, -0.2) is 44.7 Å². The molecule has 0 unspecified atom stereocenters. The minimum Gasteiger partial charge on any atom is -0.492 e. The Morgan fingerprint density at radius 1 is 1.41 bits per heavy atom. The Bertz CT molecular complexity index is 365. The van der Waals surface area contributed by atoms with Crippen LogP contribution in [0.2, 0.25) is 0 Å². The normalized spacial score (nSPS) is 10.4. The van der Waals surface area contributed by atoms with Crippen molar-refractivity contribution < 1.29 is 14.3 Å². The smallest absolute Gasteiger partial charge is 0.319 e. The molecule has 94 valence electrons. The zero-order valence-corrected chi connectivity index (χ0v) is 10.6. The van der Waals surface area contributed by atoms with Crippen LogP contribution in [0.3, 0.4) is 0 Å². The SMILES string of the molecule is COC(=O)CN(C)CCOc1cccc(C)c1. The van der Waals surface area contributed by atoms with Gasteiger partial charge < -0.3 is 9.47 Å². The van der Waals surface area contributed by atoms with E-state index in [0.29, 0.717) is 13.2 Å². The third-order valence-electron chi connectivity index (χ3n) is 2.36. The standard InChI is InChI=1S/C13H19NO3/c1-11-5-4-6-12(9-11)17-8-7-14(2)10-13(15)16-3/h4-6,9H,7-8,10H2,1-3H3. The van der Waals surface area contributed by atoms with E-state index in [0.717, 1.165) is 5.75 Å². The van der Waals surface area contributed by atoms with Gasteiger partial charge in [0.15, 0.2) is 0 Å². The fourth-order valence-electron chi connectivity index (χ4n) is 1.39. The molecule has 1 aromatic rings. The lowest BCUT2D eigenvalue weighted by Crippen LogP contribution is -2.30. The van der Waals surface area contributed by atoms with Crippen molar-refractivity contribution in [3.63, 3.8) is 0 Å². The van der Waals surface area contributed by atoms with Gasteiger partial charge in [-0.1, -0.05) is 12.1 Å². The van der Waals surface area contributed by atoms with Crippen molar-refractivity contribution in [2.45, 2.75) is 6.92 Å². The first-order valence-electron chi connectivity index (χ1n) is 5.56. The van der Waals surface area contributed by atoms with Crippen molar-refractivity contribution in [3.05, 3.63) is 29.8 Å². The molecule has 0 fully saturated rings. The zero-order chi connectivity index (χ0) is 12.7. The molecule has 0 radical (unpaired) electrons. The maximum absolute atomic E-state index is 11.0. The maximum atomic E-state index is 11.0. The molecular weight excluding hydrogens is 218 g/mol. The number of benzene rings is 1. The van der Waals surface area contributed by atoms with Gasteiger partial charge in [0.1, 0.15) is 12.4 Å². The fourth-order valence-corrected chi connectivity index (χ4v) is 1.39. The van der Waals surface area contributed by atoms with Gasteiger partial charge in [-0.05, 0) is 31.7 Å². The van der Waals surface area contributed by atoms with Gasteiger partial charge in [0, 0.05) is 6.54 Å². The highest BCUT2D eigenvalue weighted by molar-refractivity contribution is 5.71. The summed E-state index contributed by atoms with van der Waals surface area (Å²) in [6, 6.07) is 7.90. The summed E-state index contributed by atoms with van der Waals surface area (Å²) in [5.41, 5.74) is 1.17. The van der Waals surface area contributed by atoms with Crippen molar-refractivity contribution in [2.24, 2.45) is 0 Å². The first kappa shape index (κ1) is 13.5. The first-order chi connectivity index (χ1) is 8.11. The average molecular weight is 237 g/mol. The van der Waals surface area contributed by atoms with E-state index in [-0.39, 0.29) is 12.5 Å². The highest BCUT2D eigenvalue weighted by Gasteiger charge is 2.05. The highest BCUT2D eigenvalue weighted by Crippen LogP contribution is 2.11. The predicted octanol–water partition coefficient (Wildman–Crippen LogP) is 1.48. The summed E-state index contributed by atoms with van der Waals surface area (Å²) in [5, 5.41) is 0. The maximum Gasteiger partial charge on any atom is 0.319 e. The Balaban J connectivity index is 2.25. The topological polar surface area (TPSA) is 38.8 Å². The van der Waals surface area contributed by atoms with Gasteiger partial charge in [0.2, 0.25) is 0 Å². The predicted molar refractivity (Wildman–Crippen MR) is 66.2 cm³/mol. The number of aryl methyl sites for hydroxylation is 1. The number of carbonyl (C=O) groups is 1. The molecule has 4 nitrogen and oxygen atoms in total. The second-order valence-corrected chi connectivity index (χ2v) is 3.98. The monoisotopic (exact) mass is 237 g/mol. The van der Waals surface area contributed by atoms with E-state index in [1.54, 1.807) is 0 Å². The van der Waals surface area contributed by atoms with Crippen LogP contribution in [0.25, 0.3) is 0 Å². The Morgan fingerprint density at radius 3 is 2.82 bits per heavy atom. The molecule has 0 spiro atoms. The summed E-state index contributed by atoms with van der Waals surface area (Å²) >= 11 is 0. The molecule has 0 aliphatic heterocycles. The Morgan fingerprint density at radius 2 is 2.18 bits per heavy atom. The van der Waals surface area contributed by atoms with Crippen molar-refractivity contribution in [1.29, 1.82) is 0 Å². The molecule has 0 aliphatic rings. The van der Waals surface area contributed by atoms with Gasteiger partial charge in [-0.25, -0.2) is 0 Å². The fraction of sp³-hybridized carbons (Fsp3) is 0.462. The number of methoxy groups -OCH3 is 1. The Kier molecular flexibility index (Phi) is 5.49. The molecule has 0 amide bonds. The van der Waals surface area contributed by atoms with Crippen LogP contribution in [0.15, 0.2) is 24.3 Å². The van der Waals surface area contributed by atoms with Gasteiger partial charge in [0.25, 0.3) is 0 Å². The average Bonchev–Trinajstić information content (AvgIpc) is 2.29. The molecule has 0 aliphatic carbocycles. The molecule has 1 rings (SSSR count). The molecule has 1 aromatic carbocycles. The van der Waals surface area contributed by atoms with E-state index < -0.39 is 0 Å². The van der Waals surface area contributed by atoms with Crippen molar-refractivity contribution >= 4 is 5.97 Å². The highest BCUT2D eigenvalue weighted by atomic mass is 16.5. The molecule has 0 saturated carbocycles. The van der Waals surface area contributed by atoms with Gasteiger partial charge in [-0.2, -0.15) is 0 Å². The van der Waals surface area contributed by atoms with Crippen LogP contribution in [-0.2, 0) is 9.53 Å². The third kappa shape index (κ3) is 5.36. The van der Waals surface area contributed by atoms with Crippen LogP contribution in [0, 0.1) is 6.92 Å². The van der Waals surface area contributed by atoms with Crippen molar-refractivity contribution in [2.75, 3.05) is 33.9 Å². The number of hydrogen-bond acceptors (Lipinski definition) is 4. The lowest BCUT2D eigenvalue weighted by molar-refractivity contribution is -0.141. The summed E-state index contributed by atoms with van der Waals surface area (Å²) in [6.45, 7) is 3.55. The van der Waals surface area contributed by atoms with E-state index in [2.05, 4.69) is 4.74 Å². The minimum absolute atomic E-state index is 0.233. The summed E-state index contributed by atoms with van der Waals surface area (Å²) in [6.07, 6.45) is 0. The van der Waals surface area contributed by atoms with E-state index in [9.17, 15) is 4.79 Å². The minimum atomic E-state index is -0.233. The summed E-state index contributed by atoms with van der Waals surface area (Å²) in [4.78, 5) is 12.9. The van der Waals surface area contributed by atoms with E-state index in [4.69, 9.17) is 4.74 Å². The van der Waals surface area contributed by atoms with E-state index in [1.165, 1.54) is 12.7 Å². The molecule has 0 bridgehead atoms. The second-order valence-electron chi connectivity index (χ2n) is 3.98. The number of esters is 1. The summed E-state index contributed by atoms with van der Waals surface area (Å²) in [7, 11) is 3.25. The van der Waals surface area contributed by atoms with Gasteiger partial charge >= 0.3 is 5.97 Å². The third-order valence-corrected chi connectivity index (χ3v) is 2.36. The lowest BCUT2D eigenvalue weighted by atomic mass is 10.2. The molecule has 17 heavy (non-hydrogen) atoms. The van der Waals surface area contributed by atoms with E-state index in [1.807, 2.05) is 43.1 Å². The molecule has 0 aromatic heterocycles. The van der Waals surface area contributed by atoms with Crippen LogP contribution < -0.4 is 4.74 Å². The molecule has 0 heterocycles. The van der Waals surface area contributed by atoms with Crippen molar-refractivity contribution in [3.8, 4) is 5.75 Å². The molecule has 0 saturated heterocycles. The number of likely N-dealkylation sites (N-methyl/N-ethyl adjacent to an activating group) is 1. The van der Waals surface area contributed by atoms with E-state index >= 15 is 0 Å². The number of ether oxygens (including phenoxy) is 2. The van der Waals surface area contributed by atoms with Crippen LogP contribution in [0.1, 0.15) is 5.56 Å². The Labute approximate surface area is 102 Å². The van der Waals surface area contributed by atoms with Crippen molar-refractivity contribution in [1.82, 2.24) is 4.90 Å². The molecular formula is C13H19NO3. The largest absolute Gasteiger partial charge is 0.492 e. The van der Waals surface area contributed by atoms with Crippen LogP contribution in [0.4, 0.5) is 0 Å². The Hall–Kier alpha value is -1.55. The quantitative estimate of drug-likeness (QED) is 0.702. The lowest BCUT2D eigenvalue weighted by Gasteiger charge is -2.15. The second kappa shape index (κ2) is 6.91.